The van der Waals surface area contributed by atoms with E-state index in [1.54, 1.807) is 44.2 Å². The lowest BCUT2D eigenvalue weighted by Crippen LogP contribution is -2.43. The molecule has 0 aromatic heterocycles. The standard InChI is InChI=1S/C22H25NO7S/c1-22(2,21(25)28-3)30-16-11-7-10-14-18-17(29-20(14)16)12-15(24)19(18)23-31(26,27)13-8-5-4-6-9-13/h4-11,15,17-19,23-24H,12H2,1-3H3. The summed E-state index contributed by atoms with van der Waals surface area (Å²) in [6, 6.07) is 12.5. The molecular weight excluding hydrogens is 422 g/mol. The third-order valence-corrected chi connectivity index (χ3v) is 7.18. The van der Waals surface area contributed by atoms with E-state index in [4.69, 9.17) is 14.2 Å². The number of para-hydroxylation sites is 1. The van der Waals surface area contributed by atoms with E-state index in [-0.39, 0.29) is 11.3 Å². The van der Waals surface area contributed by atoms with Crippen LogP contribution in [-0.2, 0) is 19.6 Å². The highest BCUT2D eigenvalue weighted by Gasteiger charge is 2.52. The summed E-state index contributed by atoms with van der Waals surface area (Å²) < 4.78 is 45.1. The summed E-state index contributed by atoms with van der Waals surface area (Å²) in [5, 5.41) is 10.6. The SMILES string of the molecule is COC(=O)C(C)(C)Oc1cccc2c1OC1CC(O)C(NS(=O)(=O)c3ccccc3)C21. The second-order valence-corrected chi connectivity index (χ2v) is 9.94. The summed E-state index contributed by atoms with van der Waals surface area (Å²) in [6.07, 6.45) is -1.06. The average Bonchev–Trinajstić information content (AvgIpc) is 3.24. The summed E-state index contributed by atoms with van der Waals surface area (Å²) in [5.74, 6) is -0.118. The van der Waals surface area contributed by atoms with Crippen molar-refractivity contribution < 1.29 is 32.5 Å². The predicted molar refractivity (Wildman–Crippen MR) is 111 cm³/mol. The lowest BCUT2D eigenvalue weighted by atomic mass is 9.94. The molecule has 0 saturated heterocycles. The van der Waals surface area contributed by atoms with Crippen molar-refractivity contribution in [3.8, 4) is 11.5 Å². The second kappa shape index (κ2) is 7.81. The smallest absolute Gasteiger partial charge is 0.349 e. The molecule has 4 atom stereocenters. The van der Waals surface area contributed by atoms with Gasteiger partial charge in [0.15, 0.2) is 17.1 Å². The highest BCUT2D eigenvalue weighted by Crippen LogP contribution is 2.51. The molecule has 9 heteroatoms. The zero-order valence-electron chi connectivity index (χ0n) is 17.4. The minimum Gasteiger partial charge on any atom is -0.485 e. The van der Waals surface area contributed by atoms with Crippen molar-refractivity contribution in [2.45, 2.75) is 54.9 Å². The van der Waals surface area contributed by atoms with E-state index in [1.165, 1.54) is 19.2 Å². The molecule has 0 radical (unpaired) electrons. The fourth-order valence-corrected chi connectivity index (χ4v) is 5.54. The molecule has 2 aromatic carbocycles. The fraction of sp³-hybridized carbons (Fsp3) is 0.409. The van der Waals surface area contributed by atoms with Gasteiger partial charge in [-0.1, -0.05) is 30.3 Å². The first-order chi connectivity index (χ1) is 14.6. The Balaban J connectivity index is 1.64. The number of methoxy groups -OCH3 is 1. The van der Waals surface area contributed by atoms with Crippen LogP contribution in [0.15, 0.2) is 53.4 Å². The maximum absolute atomic E-state index is 12.9. The first kappa shape index (κ1) is 21.6. The molecule has 0 amide bonds. The maximum atomic E-state index is 12.9. The number of aliphatic hydroxyl groups excluding tert-OH is 1. The molecule has 2 N–H and O–H groups in total. The second-order valence-electron chi connectivity index (χ2n) is 8.22. The number of rotatable bonds is 6. The Morgan fingerprint density at radius 3 is 2.55 bits per heavy atom. The summed E-state index contributed by atoms with van der Waals surface area (Å²) >= 11 is 0. The number of carbonyl (C=O) groups excluding carboxylic acids is 1. The normalized spacial score (nSPS) is 24.8. The van der Waals surface area contributed by atoms with E-state index >= 15 is 0 Å². The van der Waals surface area contributed by atoms with Gasteiger partial charge in [-0.3, -0.25) is 0 Å². The molecule has 0 bridgehead atoms. The first-order valence-corrected chi connectivity index (χ1v) is 11.4. The van der Waals surface area contributed by atoms with Crippen molar-refractivity contribution in [3.63, 3.8) is 0 Å². The van der Waals surface area contributed by atoms with Crippen LogP contribution in [0.2, 0.25) is 0 Å². The number of fused-ring (bicyclic) bond motifs is 3. The molecule has 1 saturated carbocycles. The van der Waals surface area contributed by atoms with Gasteiger partial charge in [-0.2, -0.15) is 0 Å². The Kier molecular flexibility index (Phi) is 5.45. The van der Waals surface area contributed by atoms with Gasteiger partial charge in [-0.05, 0) is 32.0 Å². The van der Waals surface area contributed by atoms with Crippen LogP contribution in [0.3, 0.4) is 0 Å². The number of nitrogens with one attached hydrogen (secondary N) is 1. The van der Waals surface area contributed by atoms with Gasteiger partial charge in [0, 0.05) is 17.9 Å². The van der Waals surface area contributed by atoms with Crippen molar-refractivity contribution >= 4 is 16.0 Å². The molecule has 8 nitrogen and oxygen atoms in total. The van der Waals surface area contributed by atoms with Crippen LogP contribution in [-0.4, -0.2) is 50.5 Å². The number of benzene rings is 2. The number of esters is 1. The van der Waals surface area contributed by atoms with Gasteiger partial charge in [0.2, 0.25) is 10.0 Å². The molecule has 1 aliphatic heterocycles. The molecular formula is C22H25NO7S. The van der Waals surface area contributed by atoms with E-state index in [0.29, 0.717) is 11.5 Å². The van der Waals surface area contributed by atoms with E-state index in [0.717, 1.165) is 5.56 Å². The molecule has 4 unspecified atom stereocenters. The van der Waals surface area contributed by atoms with Crippen LogP contribution >= 0.6 is 0 Å². The Morgan fingerprint density at radius 1 is 1.16 bits per heavy atom. The fourth-order valence-electron chi connectivity index (χ4n) is 4.23. The molecule has 1 fully saturated rings. The van der Waals surface area contributed by atoms with E-state index in [1.807, 2.05) is 6.07 Å². The number of hydrogen-bond acceptors (Lipinski definition) is 7. The van der Waals surface area contributed by atoms with Crippen LogP contribution < -0.4 is 14.2 Å². The third kappa shape index (κ3) is 3.88. The number of aliphatic hydroxyl groups is 1. The monoisotopic (exact) mass is 447 g/mol. The Hall–Kier alpha value is -2.62. The Labute approximate surface area is 181 Å². The zero-order chi connectivity index (χ0) is 22.4. The largest absolute Gasteiger partial charge is 0.485 e. The van der Waals surface area contributed by atoms with Crippen molar-refractivity contribution in [2.75, 3.05) is 7.11 Å². The van der Waals surface area contributed by atoms with Gasteiger partial charge in [0.1, 0.15) is 6.10 Å². The lowest BCUT2D eigenvalue weighted by molar-refractivity contribution is -0.156. The minimum absolute atomic E-state index is 0.127. The van der Waals surface area contributed by atoms with Crippen molar-refractivity contribution in [1.82, 2.24) is 4.72 Å². The first-order valence-electron chi connectivity index (χ1n) is 9.96. The zero-order valence-corrected chi connectivity index (χ0v) is 18.3. The average molecular weight is 448 g/mol. The van der Waals surface area contributed by atoms with Gasteiger partial charge < -0.3 is 19.3 Å². The van der Waals surface area contributed by atoms with Crippen molar-refractivity contribution in [1.29, 1.82) is 0 Å². The van der Waals surface area contributed by atoms with E-state index in [2.05, 4.69) is 4.72 Å². The highest BCUT2D eigenvalue weighted by molar-refractivity contribution is 7.89. The topological polar surface area (TPSA) is 111 Å². The highest BCUT2D eigenvalue weighted by atomic mass is 32.2. The summed E-state index contributed by atoms with van der Waals surface area (Å²) in [6.45, 7) is 3.18. The van der Waals surface area contributed by atoms with Gasteiger partial charge in [-0.15, -0.1) is 0 Å². The van der Waals surface area contributed by atoms with E-state index in [9.17, 15) is 18.3 Å². The lowest BCUT2D eigenvalue weighted by Gasteiger charge is -2.25. The molecule has 0 spiro atoms. The third-order valence-electron chi connectivity index (χ3n) is 5.70. The molecule has 2 aliphatic rings. The summed E-state index contributed by atoms with van der Waals surface area (Å²) in [5.41, 5.74) is -0.515. The van der Waals surface area contributed by atoms with E-state index < -0.39 is 45.8 Å². The van der Waals surface area contributed by atoms with Crippen LogP contribution in [0.25, 0.3) is 0 Å². The van der Waals surface area contributed by atoms with Gasteiger partial charge >= 0.3 is 5.97 Å². The van der Waals surface area contributed by atoms with Crippen LogP contribution in [0.4, 0.5) is 0 Å². The Bertz CT molecular complexity index is 1080. The van der Waals surface area contributed by atoms with Crippen LogP contribution in [0.5, 0.6) is 11.5 Å². The number of ether oxygens (including phenoxy) is 3. The van der Waals surface area contributed by atoms with Gasteiger partial charge in [0.05, 0.1) is 24.2 Å². The minimum atomic E-state index is -3.83. The number of sulfonamides is 1. The molecule has 31 heavy (non-hydrogen) atoms. The summed E-state index contributed by atoms with van der Waals surface area (Å²) in [7, 11) is -2.54. The predicted octanol–water partition coefficient (Wildman–Crippen LogP) is 1.97. The van der Waals surface area contributed by atoms with Crippen LogP contribution in [0.1, 0.15) is 31.7 Å². The van der Waals surface area contributed by atoms with Crippen LogP contribution in [0, 0.1) is 0 Å². The molecule has 2 aromatic rings. The van der Waals surface area contributed by atoms with Gasteiger partial charge in [0.25, 0.3) is 0 Å². The molecule has 4 rings (SSSR count). The quantitative estimate of drug-likeness (QED) is 0.652. The number of hydrogen-bond donors (Lipinski definition) is 2. The van der Waals surface area contributed by atoms with Crippen molar-refractivity contribution in [2.24, 2.45) is 0 Å². The molecule has 1 aliphatic carbocycles. The Morgan fingerprint density at radius 2 is 1.87 bits per heavy atom. The van der Waals surface area contributed by atoms with Crippen molar-refractivity contribution in [3.05, 3.63) is 54.1 Å². The van der Waals surface area contributed by atoms with Gasteiger partial charge in [-0.25, -0.2) is 17.9 Å². The molecule has 1 heterocycles. The number of carbonyl (C=O) groups is 1. The maximum Gasteiger partial charge on any atom is 0.349 e. The molecule has 166 valence electrons. The summed E-state index contributed by atoms with van der Waals surface area (Å²) in [4.78, 5) is 12.1.